The van der Waals surface area contributed by atoms with Crippen molar-refractivity contribution < 1.29 is 8.42 Å². The summed E-state index contributed by atoms with van der Waals surface area (Å²) in [6.07, 6.45) is 12.4. The molecule has 0 bridgehead atoms. The minimum Gasteiger partial charge on any atom is -0.275 e. The molecule has 0 saturated heterocycles. The van der Waals surface area contributed by atoms with E-state index < -0.39 is 10.0 Å². The van der Waals surface area contributed by atoms with Gasteiger partial charge in [-0.05, 0) is 48.6 Å². The third-order valence-corrected chi connectivity index (χ3v) is 7.02. The second kappa shape index (κ2) is 6.70. The van der Waals surface area contributed by atoms with Crippen LogP contribution >= 0.6 is 0 Å². The summed E-state index contributed by atoms with van der Waals surface area (Å²) < 4.78 is 29.9. The third kappa shape index (κ3) is 2.89. The minimum atomic E-state index is -3.78. The van der Waals surface area contributed by atoms with Gasteiger partial charge in [0, 0.05) is 42.2 Å². The van der Waals surface area contributed by atoms with Crippen LogP contribution in [0.4, 0.5) is 0 Å². The molecule has 7 heteroatoms. The summed E-state index contributed by atoms with van der Waals surface area (Å²) in [6.45, 7) is 0. The number of benzene rings is 1. The van der Waals surface area contributed by atoms with Crippen molar-refractivity contribution in [3.8, 4) is 11.1 Å². The topological polar surface area (TPSA) is 69.8 Å². The molecule has 4 aromatic rings. The van der Waals surface area contributed by atoms with Gasteiger partial charge < -0.3 is 0 Å². The summed E-state index contributed by atoms with van der Waals surface area (Å²) in [6, 6.07) is 10.4. The van der Waals surface area contributed by atoms with Gasteiger partial charge in [0.15, 0.2) is 5.65 Å². The number of hydrogen-bond acceptors (Lipinski definition) is 4. The highest BCUT2D eigenvalue weighted by molar-refractivity contribution is 7.90. The zero-order valence-corrected chi connectivity index (χ0v) is 16.8. The van der Waals surface area contributed by atoms with Crippen LogP contribution < -0.4 is 0 Å². The van der Waals surface area contributed by atoms with Crippen LogP contribution in [-0.4, -0.2) is 27.2 Å². The number of hydrogen-bond donors (Lipinski definition) is 0. The quantitative estimate of drug-likeness (QED) is 0.510. The molecule has 3 heterocycles. The van der Waals surface area contributed by atoms with Crippen LogP contribution in [0.2, 0.25) is 0 Å². The van der Waals surface area contributed by atoms with Crippen molar-refractivity contribution in [2.24, 2.45) is 7.05 Å². The highest BCUT2D eigenvalue weighted by Gasteiger charge is 2.25. The van der Waals surface area contributed by atoms with E-state index in [0.29, 0.717) is 5.65 Å². The molecule has 146 valence electrons. The molecule has 0 radical (unpaired) electrons. The molecule has 0 amide bonds. The van der Waals surface area contributed by atoms with E-state index in [1.54, 1.807) is 53.6 Å². The standard InChI is InChI=1S/C22H20N4O2S/c1-25-14-17(13-24-25)20-15-26(29(27,28)18-9-3-2-4-10-18)22-21(20)19(11-12-23-22)16-7-5-6-8-16/h2-4,7,9-15H,5-6,8H2,1H3. The molecule has 0 spiro atoms. The molecule has 1 aromatic carbocycles. The van der Waals surface area contributed by atoms with E-state index in [4.69, 9.17) is 0 Å². The second-order valence-electron chi connectivity index (χ2n) is 7.24. The molecule has 1 aliphatic carbocycles. The average Bonchev–Trinajstić information content (AvgIpc) is 3.48. The van der Waals surface area contributed by atoms with Crippen LogP contribution in [0.3, 0.4) is 0 Å². The number of aromatic nitrogens is 4. The Morgan fingerprint density at radius 1 is 1.03 bits per heavy atom. The van der Waals surface area contributed by atoms with Gasteiger partial charge in [0.1, 0.15) is 0 Å². The lowest BCUT2D eigenvalue weighted by Crippen LogP contribution is -2.12. The number of nitrogens with zero attached hydrogens (tertiary/aromatic N) is 4. The molecule has 3 aromatic heterocycles. The van der Waals surface area contributed by atoms with E-state index in [9.17, 15) is 8.42 Å². The molecule has 0 saturated carbocycles. The van der Waals surface area contributed by atoms with Gasteiger partial charge in [-0.25, -0.2) is 17.4 Å². The molecular weight excluding hydrogens is 384 g/mol. The first-order chi connectivity index (χ1) is 14.1. The Balaban J connectivity index is 1.84. The Morgan fingerprint density at radius 2 is 1.86 bits per heavy atom. The largest absolute Gasteiger partial charge is 0.275 e. The summed E-state index contributed by atoms with van der Waals surface area (Å²) in [5.41, 5.74) is 4.43. The van der Waals surface area contributed by atoms with Crippen molar-refractivity contribution in [2.75, 3.05) is 0 Å². The Morgan fingerprint density at radius 3 is 2.55 bits per heavy atom. The van der Waals surface area contributed by atoms with Crippen molar-refractivity contribution in [1.29, 1.82) is 0 Å². The first-order valence-electron chi connectivity index (χ1n) is 9.55. The normalized spacial score (nSPS) is 14.4. The van der Waals surface area contributed by atoms with Crippen LogP contribution in [0, 0.1) is 0 Å². The smallest absolute Gasteiger partial charge is 0.269 e. The minimum absolute atomic E-state index is 0.238. The number of pyridine rings is 1. The summed E-state index contributed by atoms with van der Waals surface area (Å²) in [5, 5.41) is 5.13. The van der Waals surface area contributed by atoms with Crippen LogP contribution in [-0.2, 0) is 17.1 Å². The maximum absolute atomic E-state index is 13.4. The Labute approximate surface area is 169 Å². The number of allylic oxidation sites excluding steroid dienone is 2. The summed E-state index contributed by atoms with van der Waals surface area (Å²) in [7, 11) is -1.93. The SMILES string of the molecule is Cn1cc(-c2cn(S(=O)(=O)c3ccccc3)c3nccc(C4=CCCC4)c23)cn1. The van der Waals surface area contributed by atoms with E-state index in [-0.39, 0.29) is 4.90 Å². The van der Waals surface area contributed by atoms with Gasteiger partial charge in [-0.1, -0.05) is 24.3 Å². The molecule has 6 nitrogen and oxygen atoms in total. The number of rotatable bonds is 4. The molecule has 0 aliphatic heterocycles. The van der Waals surface area contributed by atoms with E-state index in [2.05, 4.69) is 16.2 Å². The molecular formula is C22H20N4O2S. The molecule has 0 N–H and O–H groups in total. The van der Waals surface area contributed by atoms with Gasteiger partial charge in [-0.2, -0.15) is 5.10 Å². The number of aryl methyl sites for hydroxylation is 1. The molecule has 1 aliphatic rings. The maximum atomic E-state index is 13.4. The van der Waals surface area contributed by atoms with Gasteiger partial charge in [0.05, 0.1) is 11.1 Å². The van der Waals surface area contributed by atoms with Crippen molar-refractivity contribution in [2.45, 2.75) is 24.2 Å². The fraction of sp³-hybridized carbons (Fsp3) is 0.182. The Hall–Kier alpha value is -3.19. The average molecular weight is 404 g/mol. The van der Waals surface area contributed by atoms with Crippen molar-refractivity contribution in [1.82, 2.24) is 18.7 Å². The summed E-state index contributed by atoms with van der Waals surface area (Å²) in [5.74, 6) is 0. The van der Waals surface area contributed by atoms with E-state index in [0.717, 1.165) is 41.3 Å². The van der Waals surface area contributed by atoms with Gasteiger partial charge in [-0.3, -0.25) is 4.68 Å². The van der Waals surface area contributed by atoms with Crippen molar-refractivity contribution in [3.63, 3.8) is 0 Å². The van der Waals surface area contributed by atoms with Crippen LogP contribution in [0.5, 0.6) is 0 Å². The highest BCUT2D eigenvalue weighted by Crippen LogP contribution is 2.39. The van der Waals surface area contributed by atoms with Crippen molar-refractivity contribution >= 4 is 26.6 Å². The zero-order chi connectivity index (χ0) is 20.0. The van der Waals surface area contributed by atoms with E-state index >= 15 is 0 Å². The fourth-order valence-electron chi connectivity index (χ4n) is 3.98. The van der Waals surface area contributed by atoms with Gasteiger partial charge in [0.25, 0.3) is 10.0 Å². The fourth-order valence-corrected chi connectivity index (χ4v) is 5.32. The second-order valence-corrected chi connectivity index (χ2v) is 9.05. The van der Waals surface area contributed by atoms with Gasteiger partial charge in [0.2, 0.25) is 0 Å². The van der Waals surface area contributed by atoms with E-state index in [1.807, 2.05) is 19.3 Å². The van der Waals surface area contributed by atoms with Crippen molar-refractivity contribution in [3.05, 3.63) is 72.8 Å². The maximum Gasteiger partial charge on any atom is 0.269 e. The first kappa shape index (κ1) is 17.9. The van der Waals surface area contributed by atoms with Gasteiger partial charge >= 0.3 is 0 Å². The number of fused-ring (bicyclic) bond motifs is 1. The van der Waals surface area contributed by atoms with Crippen LogP contribution in [0.1, 0.15) is 24.8 Å². The predicted octanol–water partition coefficient (Wildman–Crippen LogP) is 4.24. The first-order valence-corrected chi connectivity index (χ1v) is 11.0. The molecule has 5 rings (SSSR count). The van der Waals surface area contributed by atoms with Crippen LogP contribution in [0.15, 0.2) is 72.2 Å². The predicted molar refractivity (Wildman–Crippen MR) is 113 cm³/mol. The third-order valence-electron chi connectivity index (χ3n) is 5.36. The lowest BCUT2D eigenvalue weighted by molar-refractivity contribution is 0.589. The lowest BCUT2D eigenvalue weighted by Gasteiger charge is -2.08. The molecule has 0 unspecified atom stereocenters. The van der Waals surface area contributed by atoms with E-state index in [1.165, 1.54) is 9.55 Å². The van der Waals surface area contributed by atoms with Gasteiger partial charge in [-0.15, -0.1) is 0 Å². The Bertz CT molecular complexity index is 1350. The molecule has 0 atom stereocenters. The Kier molecular flexibility index (Phi) is 4.13. The lowest BCUT2D eigenvalue weighted by atomic mass is 9.99. The summed E-state index contributed by atoms with van der Waals surface area (Å²) >= 11 is 0. The monoisotopic (exact) mass is 404 g/mol. The van der Waals surface area contributed by atoms with Crippen LogP contribution in [0.25, 0.3) is 27.7 Å². The summed E-state index contributed by atoms with van der Waals surface area (Å²) in [4.78, 5) is 4.73. The highest BCUT2D eigenvalue weighted by atomic mass is 32.2. The molecule has 0 fully saturated rings. The molecule has 29 heavy (non-hydrogen) atoms. The zero-order valence-electron chi connectivity index (χ0n) is 16.0.